The molecular weight excluding hydrogens is 356 g/mol. The molecule has 3 aromatic rings. The number of fused-ring (bicyclic) bond motifs is 1. The van der Waals surface area contributed by atoms with Crippen LogP contribution in [0.2, 0.25) is 0 Å². The van der Waals surface area contributed by atoms with E-state index in [0.717, 1.165) is 42.9 Å². The number of nitrogens with one attached hydrogen (secondary N) is 2. The molecular formula is C20H22N6O2. The van der Waals surface area contributed by atoms with Crippen molar-refractivity contribution in [1.82, 2.24) is 29.8 Å². The van der Waals surface area contributed by atoms with Crippen LogP contribution in [0.15, 0.2) is 35.5 Å². The molecule has 0 spiro atoms. The lowest BCUT2D eigenvalue weighted by atomic mass is 10.1. The van der Waals surface area contributed by atoms with Gasteiger partial charge in [-0.15, -0.1) is 0 Å². The fourth-order valence-electron chi connectivity index (χ4n) is 3.50. The van der Waals surface area contributed by atoms with Gasteiger partial charge in [0, 0.05) is 42.2 Å². The Morgan fingerprint density at radius 1 is 1.29 bits per heavy atom. The van der Waals surface area contributed by atoms with Gasteiger partial charge in [0.25, 0.3) is 5.56 Å². The van der Waals surface area contributed by atoms with Crippen molar-refractivity contribution in [1.29, 1.82) is 0 Å². The zero-order valence-electron chi connectivity index (χ0n) is 15.7. The smallest absolute Gasteiger partial charge is 0.255 e. The number of imidazole rings is 1. The van der Waals surface area contributed by atoms with E-state index in [0.29, 0.717) is 23.6 Å². The number of aromatic amines is 1. The summed E-state index contributed by atoms with van der Waals surface area (Å²) in [5.74, 6) is 1.34. The third-order valence-electron chi connectivity index (χ3n) is 5.03. The average molecular weight is 378 g/mol. The molecule has 2 N–H and O–H groups in total. The molecule has 0 fully saturated rings. The van der Waals surface area contributed by atoms with Crippen LogP contribution in [0.1, 0.15) is 35.6 Å². The third kappa shape index (κ3) is 3.71. The Morgan fingerprint density at radius 2 is 2.11 bits per heavy atom. The molecule has 0 radical (unpaired) electrons. The first-order valence-corrected chi connectivity index (χ1v) is 9.42. The number of aryl methyl sites for hydroxylation is 2. The van der Waals surface area contributed by atoms with Crippen molar-refractivity contribution in [2.24, 2.45) is 0 Å². The second-order valence-corrected chi connectivity index (χ2v) is 6.94. The van der Waals surface area contributed by atoms with Gasteiger partial charge in [-0.25, -0.2) is 9.97 Å². The summed E-state index contributed by atoms with van der Waals surface area (Å²) in [5, 5.41) is 2.90. The van der Waals surface area contributed by atoms with Crippen LogP contribution < -0.4 is 10.9 Å². The Labute approximate surface area is 162 Å². The Kier molecular flexibility index (Phi) is 5.01. The Bertz CT molecular complexity index is 1050. The fraction of sp³-hybridized carbons (Fsp3) is 0.350. The molecule has 0 aromatic carbocycles. The second kappa shape index (κ2) is 7.75. The van der Waals surface area contributed by atoms with Gasteiger partial charge in [0.2, 0.25) is 5.91 Å². The summed E-state index contributed by atoms with van der Waals surface area (Å²) in [5.41, 5.74) is 2.41. The maximum Gasteiger partial charge on any atom is 0.255 e. The van der Waals surface area contributed by atoms with Crippen LogP contribution in [-0.4, -0.2) is 30.4 Å². The van der Waals surface area contributed by atoms with Gasteiger partial charge < -0.3 is 14.9 Å². The Morgan fingerprint density at radius 3 is 2.89 bits per heavy atom. The molecule has 1 aliphatic heterocycles. The van der Waals surface area contributed by atoms with Crippen molar-refractivity contribution < 1.29 is 4.79 Å². The monoisotopic (exact) mass is 378 g/mol. The number of hydrogen-bond donors (Lipinski definition) is 2. The number of carbonyl (C=O) groups excluding carboxylic acids is 1. The van der Waals surface area contributed by atoms with Gasteiger partial charge in [0.15, 0.2) is 0 Å². The highest BCUT2D eigenvalue weighted by atomic mass is 16.2. The molecule has 0 aliphatic carbocycles. The van der Waals surface area contributed by atoms with Crippen LogP contribution >= 0.6 is 0 Å². The number of carbonyl (C=O) groups is 1. The summed E-state index contributed by atoms with van der Waals surface area (Å²) in [7, 11) is 0. The van der Waals surface area contributed by atoms with E-state index < -0.39 is 0 Å². The van der Waals surface area contributed by atoms with Gasteiger partial charge in [0.05, 0.1) is 24.9 Å². The highest BCUT2D eigenvalue weighted by molar-refractivity contribution is 5.78. The zero-order valence-corrected chi connectivity index (χ0v) is 15.7. The standard InChI is InChI=1S/C20H22N6O2/c1-13-16(20(28)25-19(24-13)14-5-7-21-8-6-14)10-18(27)23-12-15-11-22-17-4-2-3-9-26(15)17/h5-8,11H,2-4,9-10,12H2,1H3,(H,23,27)(H,24,25,28). The highest BCUT2D eigenvalue weighted by Gasteiger charge is 2.16. The summed E-state index contributed by atoms with van der Waals surface area (Å²) in [6.45, 7) is 3.10. The molecule has 0 bridgehead atoms. The third-order valence-corrected chi connectivity index (χ3v) is 5.03. The molecule has 1 amide bonds. The van der Waals surface area contributed by atoms with E-state index in [1.165, 1.54) is 0 Å². The fourth-order valence-corrected chi connectivity index (χ4v) is 3.50. The van der Waals surface area contributed by atoms with Crippen molar-refractivity contribution in [3.05, 3.63) is 63.9 Å². The first-order valence-electron chi connectivity index (χ1n) is 9.42. The van der Waals surface area contributed by atoms with E-state index >= 15 is 0 Å². The van der Waals surface area contributed by atoms with Crippen molar-refractivity contribution in [3.63, 3.8) is 0 Å². The van der Waals surface area contributed by atoms with Crippen LogP contribution in [0.5, 0.6) is 0 Å². The van der Waals surface area contributed by atoms with E-state index in [9.17, 15) is 9.59 Å². The highest BCUT2D eigenvalue weighted by Crippen LogP contribution is 2.16. The number of nitrogens with zero attached hydrogens (tertiary/aromatic N) is 4. The van der Waals surface area contributed by atoms with E-state index in [1.54, 1.807) is 31.5 Å². The molecule has 0 atom stereocenters. The number of aromatic nitrogens is 5. The molecule has 0 saturated carbocycles. The molecule has 4 rings (SSSR count). The predicted octanol–water partition coefficient (Wildman–Crippen LogP) is 1.53. The van der Waals surface area contributed by atoms with Crippen molar-refractivity contribution in [2.45, 2.75) is 45.7 Å². The first-order chi connectivity index (χ1) is 13.6. The van der Waals surface area contributed by atoms with Crippen LogP contribution in [0.3, 0.4) is 0 Å². The molecule has 8 nitrogen and oxygen atoms in total. The summed E-state index contributed by atoms with van der Waals surface area (Å²) in [4.78, 5) is 40.5. The minimum Gasteiger partial charge on any atom is -0.350 e. The quantitative estimate of drug-likeness (QED) is 0.700. The number of rotatable bonds is 5. The van der Waals surface area contributed by atoms with Crippen molar-refractivity contribution in [2.75, 3.05) is 0 Å². The lowest BCUT2D eigenvalue weighted by Crippen LogP contribution is -2.29. The lowest BCUT2D eigenvalue weighted by Gasteiger charge is -2.16. The average Bonchev–Trinajstić information content (AvgIpc) is 3.13. The second-order valence-electron chi connectivity index (χ2n) is 6.94. The van der Waals surface area contributed by atoms with Gasteiger partial charge >= 0.3 is 0 Å². The van der Waals surface area contributed by atoms with Gasteiger partial charge in [-0.2, -0.15) is 0 Å². The molecule has 3 aromatic heterocycles. The number of H-pyrrole nitrogens is 1. The van der Waals surface area contributed by atoms with E-state index in [4.69, 9.17) is 0 Å². The molecule has 0 unspecified atom stereocenters. The molecule has 8 heteroatoms. The van der Waals surface area contributed by atoms with Crippen molar-refractivity contribution in [3.8, 4) is 11.4 Å². The van der Waals surface area contributed by atoms with Crippen LogP contribution in [0.4, 0.5) is 0 Å². The Balaban J connectivity index is 1.44. The number of hydrogen-bond acceptors (Lipinski definition) is 5. The SMILES string of the molecule is Cc1nc(-c2ccncc2)[nH]c(=O)c1CC(=O)NCc1cnc2n1CCCC2. The summed E-state index contributed by atoms with van der Waals surface area (Å²) in [6.07, 6.45) is 8.37. The van der Waals surface area contributed by atoms with Crippen LogP contribution in [0, 0.1) is 6.92 Å². The summed E-state index contributed by atoms with van der Waals surface area (Å²) < 4.78 is 2.17. The van der Waals surface area contributed by atoms with Crippen molar-refractivity contribution >= 4 is 5.91 Å². The summed E-state index contributed by atoms with van der Waals surface area (Å²) >= 11 is 0. The predicted molar refractivity (Wildman–Crippen MR) is 104 cm³/mol. The van der Waals surface area contributed by atoms with Crippen LogP contribution in [0.25, 0.3) is 11.4 Å². The van der Waals surface area contributed by atoms with E-state index in [1.807, 2.05) is 6.20 Å². The van der Waals surface area contributed by atoms with Gasteiger partial charge in [-0.1, -0.05) is 0 Å². The maximum absolute atomic E-state index is 12.5. The lowest BCUT2D eigenvalue weighted by molar-refractivity contribution is -0.120. The zero-order chi connectivity index (χ0) is 19.5. The maximum atomic E-state index is 12.5. The normalized spacial score (nSPS) is 13.2. The van der Waals surface area contributed by atoms with Gasteiger partial charge in [-0.3, -0.25) is 14.6 Å². The van der Waals surface area contributed by atoms with Crippen LogP contribution in [-0.2, 0) is 30.7 Å². The van der Waals surface area contributed by atoms with E-state index in [2.05, 4.69) is 29.8 Å². The minimum absolute atomic E-state index is 0.00815. The largest absolute Gasteiger partial charge is 0.350 e. The topological polar surface area (TPSA) is 106 Å². The number of pyridine rings is 1. The first kappa shape index (κ1) is 18.1. The molecule has 144 valence electrons. The summed E-state index contributed by atoms with van der Waals surface area (Å²) in [6, 6.07) is 3.55. The number of amides is 1. The Hall–Kier alpha value is -3.29. The van der Waals surface area contributed by atoms with Gasteiger partial charge in [0.1, 0.15) is 11.6 Å². The molecule has 1 aliphatic rings. The molecule has 28 heavy (non-hydrogen) atoms. The molecule has 4 heterocycles. The van der Waals surface area contributed by atoms with E-state index in [-0.39, 0.29) is 17.9 Å². The molecule has 0 saturated heterocycles. The minimum atomic E-state index is -0.295. The van der Waals surface area contributed by atoms with Gasteiger partial charge in [-0.05, 0) is 31.9 Å².